The smallest absolute Gasteiger partial charge is 0.310 e. The summed E-state index contributed by atoms with van der Waals surface area (Å²) in [5, 5.41) is 8.93. The molecule has 1 heterocycles. The number of carboxylic acid groups (broad SMARTS) is 1. The molecule has 0 radical (unpaired) electrons. The van der Waals surface area contributed by atoms with Crippen LogP contribution in [0.25, 0.3) is 0 Å². The maximum atomic E-state index is 11.5. The molecule has 1 aliphatic carbocycles. The minimum Gasteiger partial charge on any atom is -0.481 e. The van der Waals surface area contributed by atoms with Crippen molar-refractivity contribution >= 4 is 34.5 Å². The van der Waals surface area contributed by atoms with Crippen molar-refractivity contribution in [2.75, 3.05) is 4.43 Å². The molecule has 1 aliphatic heterocycles. The molecule has 2 aliphatic rings. The minimum absolute atomic E-state index is 0.0579. The molecule has 1 saturated carbocycles. The number of hydrogen-bond donors (Lipinski definition) is 1. The van der Waals surface area contributed by atoms with Crippen molar-refractivity contribution < 1.29 is 19.4 Å². The molecule has 4 unspecified atom stereocenters. The Kier molecular flexibility index (Phi) is 2.68. The molecule has 78 valence electrons. The van der Waals surface area contributed by atoms with Crippen LogP contribution >= 0.6 is 22.6 Å². The zero-order chi connectivity index (χ0) is 10.3. The fourth-order valence-electron chi connectivity index (χ4n) is 2.52. The number of rotatable bonds is 2. The van der Waals surface area contributed by atoms with Gasteiger partial charge in [-0.15, -0.1) is 0 Å². The van der Waals surface area contributed by atoms with Gasteiger partial charge < -0.3 is 9.84 Å². The number of ether oxygens (including phenoxy) is 1. The molecule has 0 aromatic carbocycles. The summed E-state index contributed by atoms with van der Waals surface area (Å²) in [6.07, 6.45) is 1.37. The van der Waals surface area contributed by atoms with Crippen LogP contribution in [0.5, 0.6) is 0 Å². The lowest BCUT2D eigenvalue weighted by Gasteiger charge is -2.11. The Morgan fingerprint density at radius 3 is 2.86 bits per heavy atom. The third kappa shape index (κ3) is 1.41. The Hall–Kier alpha value is -0.330. The van der Waals surface area contributed by atoms with Gasteiger partial charge in [0.1, 0.15) is 6.10 Å². The molecule has 2 rings (SSSR count). The van der Waals surface area contributed by atoms with Crippen LogP contribution in [0.2, 0.25) is 0 Å². The number of hydrogen-bond acceptors (Lipinski definition) is 3. The van der Waals surface area contributed by atoms with Crippen LogP contribution in [0.4, 0.5) is 0 Å². The van der Waals surface area contributed by atoms with Crippen LogP contribution in [0.3, 0.4) is 0 Å². The summed E-state index contributed by atoms with van der Waals surface area (Å²) in [5.74, 6) is -1.92. The summed E-state index contributed by atoms with van der Waals surface area (Å²) < 4.78 is 5.91. The lowest BCUT2D eigenvalue weighted by molar-refractivity contribution is -0.152. The highest BCUT2D eigenvalue weighted by Gasteiger charge is 2.54. The van der Waals surface area contributed by atoms with Crippen LogP contribution in [-0.2, 0) is 14.3 Å². The fraction of sp³-hybridized carbons (Fsp3) is 0.778. The molecule has 2 fully saturated rings. The van der Waals surface area contributed by atoms with Gasteiger partial charge in [0.05, 0.1) is 11.8 Å². The van der Waals surface area contributed by atoms with Gasteiger partial charge in [-0.1, -0.05) is 22.6 Å². The second kappa shape index (κ2) is 3.67. The highest BCUT2D eigenvalue weighted by Crippen LogP contribution is 2.45. The quantitative estimate of drug-likeness (QED) is 0.471. The van der Waals surface area contributed by atoms with Gasteiger partial charge >= 0.3 is 11.9 Å². The van der Waals surface area contributed by atoms with Gasteiger partial charge in [0.25, 0.3) is 0 Å². The predicted octanol–water partition coefficient (Wildman–Crippen LogP) is 1.07. The molecule has 0 aromatic rings. The molecule has 1 saturated heterocycles. The maximum Gasteiger partial charge on any atom is 0.310 e. The van der Waals surface area contributed by atoms with E-state index in [2.05, 4.69) is 22.6 Å². The van der Waals surface area contributed by atoms with Crippen molar-refractivity contribution in [1.82, 2.24) is 0 Å². The van der Waals surface area contributed by atoms with E-state index in [9.17, 15) is 9.59 Å². The molecule has 1 N–H and O–H groups in total. The van der Waals surface area contributed by atoms with E-state index in [1.165, 1.54) is 0 Å². The first-order chi connectivity index (χ1) is 6.65. The van der Waals surface area contributed by atoms with E-state index in [1.54, 1.807) is 0 Å². The van der Waals surface area contributed by atoms with Crippen molar-refractivity contribution in [2.45, 2.75) is 18.9 Å². The van der Waals surface area contributed by atoms with E-state index in [4.69, 9.17) is 9.84 Å². The number of aliphatic carboxylic acids is 1. The van der Waals surface area contributed by atoms with Crippen LogP contribution in [0.1, 0.15) is 12.8 Å². The third-order valence-corrected chi connectivity index (χ3v) is 4.06. The van der Waals surface area contributed by atoms with Crippen LogP contribution in [-0.4, -0.2) is 27.6 Å². The van der Waals surface area contributed by atoms with Crippen molar-refractivity contribution in [1.29, 1.82) is 0 Å². The van der Waals surface area contributed by atoms with Crippen molar-refractivity contribution in [2.24, 2.45) is 17.8 Å². The number of halogens is 1. The highest BCUT2D eigenvalue weighted by molar-refractivity contribution is 14.1. The maximum absolute atomic E-state index is 11.5. The molecule has 5 heteroatoms. The molecule has 0 bridgehead atoms. The summed E-state index contributed by atoms with van der Waals surface area (Å²) in [7, 11) is 0. The Labute approximate surface area is 95.1 Å². The van der Waals surface area contributed by atoms with Gasteiger partial charge in [-0.2, -0.15) is 0 Å². The number of carbonyl (C=O) groups is 2. The summed E-state index contributed by atoms with van der Waals surface area (Å²) in [6.45, 7) is 0. The summed E-state index contributed by atoms with van der Waals surface area (Å²) in [6, 6.07) is 0. The number of alkyl halides is 1. The first-order valence-corrected chi connectivity index (χ1v) is 6.17. The average Bonchev–Trinajstić information content (AvgIpc) is 2.67. The highest BCUT2D eigenvalue weighted by atomic mass is 127. The van der Waals surface area contributed by atoms with Crippen LogP contribution in [0.15, 0.2) is 0 Å². The summed E-state index contributed by atoms with van der Waals surface area (Å²) in [4.78, 5) is 22.3. The summed E-state index contributed by atoms with van der Waals surface area (Å²) in [5.41, 5.74) is 0. The van der Waals surface area contributed by atoms with Gasteiger partial charge in [-0.05, 0) is 12.8 Å². The second-order valence-corrected chi connectivity index (χ2v) is 4.72. The number of cyclic esters (lactones) is 1. The normalized spacial score (nSPS) is 40.8. The lowest BCUT2D eigenvalue weighted by Crippen LogP contribution is -2.25. The van der Waals surface area contributed by atoms with E-state index in [0.717, 1.165) is 10.8 Å². The van der Waals surface area contributed by atoms with Gasteiger partial charge in [0, 0.05) is 10.3 Å². The van der Waals surface area contributed by atoms with Crippen molar-refractivity contribution in [3.05, 3.63) is 0 Å². The van der Waals surface area contributed by atoms with E-state index in [0.29, 0.717) is 6.42 Å². The molecule has 0 spiro atoms. The predicted molar refractivity (Wildman–Crippen MR) is 56.1 cm³/mol. The lowest BCUT2D eigenvalue weighted by atomic mass is 9.89. The monoisotopic (exact) mass is 310 g/mol. The summed E-state index contributed by atoms with van der Waals surface area (Å²) >= 11 is 2.18. The van der Waals surface area contributed by atoms with Crippen molar-refractivity contribution in [3.8, 4) is 0 Å². The number of carboxylic acids is 1. The SMILES string of the molecule is O=C(O)C1CCC2C(CI)OC(=O)C12. The molecule has 4 nitrogen and oxygen atoms in total. The molecular formula is C9H11IO4. The number of esters is 1. The van der Waals surface area contributed by atoms with E-state index in [-0.39, 0.29) is 23.9 Å². The van der Waals surface area contributed by atoms with Gasteiger partial charge in [-0.25, -0.2) is 0 Å². The molecule has 0 aromatic heterocycles. The topological polar surface area (TPSA) is 63.6 Å². The molecule has 0 amide bonds. The van der Waals surface area contributed by atoms with E-state index in [1.807, 2.05) is 0 Å². The third-order valence-electron chi connectivity index (χ3n) is 3.19. The number of fused-ring (bicyclic) bond motifs is 1. The largest absolute Gasteiger partial charge is 0.481 e. The molecule has 14 heavy (non-hydrogen) atoms. The first kappa shape index (κ1) is 10.2. The van der Waals surface area contributed by atoms with E-state index >= 15 is 0 Å². The molecule has 4 atom stereocenters. The van der Waals surface area contributed by atoms with Crippen molar-refractivity contribution in [3.63, 3.8) is 0 Å². The minimum atomic E-state index is -0.858. The zero-order valence-corrected chi connectivity index (χ0v) is 9.64. The Morgan fingerprint density at radius 1 is 1.57 bits per heavy atom. The van der Waals surface area contributed by atoms with Gasteiger partial charge in [-0.3, -0.25) is 9.59 Å². The average molecular weight is 310 g/mol. The zero-order valence-electron chi connectivity index (χ0n) is 7.48. The standard InChI is InChI=1S/C9H11IO4/c10-3-6-4-1-2-5(8(11)12)7(4)9(13)14-6/h4-7H,1-3H2,(H,11,12). The van der Waals surface area contributed by atoms with Crippen LogP contribution < -0.4 is 0 Å². The van der Waals surface area contributed by atoms with E-state index < -0.39 is 11.9 Å². The first-order valence-electron chi connectivity index (χ1n) is 4.64. The Balaban J connectivity index is 2.19. The van der Waals surface area contributed by atoms with Gasteiger partial charge in [0.15, 0.2) is 0 Å². The molecular weight excluding hydrogens is 299 g/mol. The van der Waals surface area contributed by atoms with Gasteiger partial charge in [0.2, 0.25) is 0 Å². The second-order valence-electron chi connectivity index (χ2n) is 3.84. The van der Waals surface area contributed by atoms with Crippen LogP contribution in [0, 0.1) is 17.8 Å². The Bertz CT molecular complexity index is 278. The number of carbonyl (C=O) groups excluding carboxylic acids is 1. The Morgan fingerprint density at radius 2 is 2.29 bits per heavy atom. The fourth-order valence-corrected chi connectivity index (χ4v) is 3.36.